The quantitative estimate of drug-likeness (QED) is 0.333. The Hall–Kier alpha value is -2.41. The molecule has 0 aromatic heterocycles. The van der Waals surface area contributed by atoms with Gasteiger partial charge >= 0.3 is 0 Å². The number of halogens is 2. The predicted molar refractivity (Wildman–Crippen MR) is 149 cm³/mol. The molecule has 1 aliphatic carbocycles. The highest BCUT2D eigenvalue weighted by Gasteiger charge is 2.51. The molecule has 1 fully saturated rings. The van der Waals surface area contributed by atoms with Gasteiger partial charge in [-0.25, -0.2) is 0 Å². The molecule has 0 bridgehead atoms. The van der Waals surface area contributed by atoms with Crippen LogP contribution < -0.4 is 0 Å². The highest BCUT2D eigenvalue weighted by molar-refractivity contribution is 6.30. The van der Waals surface area contributed by atoms with E-state index in [0.717, 1.165) is 29.5 Å². The van der Waals surface area contributed by atoms with Crippen LogP contribution in [0, 0.1) is 11.8 Å². The Balaban J connectivity index is 1.62. The van der Waals surface area contributed by atoms with E-state index in [1.807, 2.05) is 65.6 Å². The number of carbonyl (C=O) groups excluding carboxylic acids is 1. The second-order valence-electron chi connectivity index (χ2n) is 11.0. The lowest BCUT2D eigenvalue weighted by Gasteiger charge is -2.41. The molecule has 0 spiro atoms. The van der Waals surface area contributed by atoms with Gasteiger partial charge in [-0.2, -0.15) is 0 Å². The molecule has 2 N–H and O–H groups in total. The third-order valence-corrected chi connectivity index (χ3v) is 8.64. The fourth-order valence-electron chi connectivity index (χ4n) is 5.64. The molecular formula is C31H33Cl2NO4. The van der Waals surface area contributed by atoms with Gasteiger partial charge in [-0.3, -0.25) is 4.79 Å². The van der Waals surface area contributed by atoms with E-state index in [4.69, 9.17) is 27.9 Å². The molecule has 38 heavy (non-hydrogen) atoms. The molecule has 2 aliphatic rings. The standard InChI is InChI=1S/C31H33Cl2NO4/c1-30(2,37)24-9-14-28-27(15-24)29(36)34(16-20-3-10-25(32)11-4-20)31(28,23-7-12-26(33)13-8-23)19-38-18-22-6-5-21(22)17-35/h3-4,7-15,21-22,35,37H,5-6,16-19H2,1-2H3/t21-,22?,31-/m0/s1. The number of aliphatic hydroxyl groups excluding tert-OH is 1. The molecule has 1 amide bonds. The Morgan fingerprint density at radius 3 is 2.18 bits per heavy atom. The smallest absolute Gasteiger partial charge is 0.255 e. The van der Waals surface area contributed by atoms with Crippen molar-refractivity contribution in [3.63, 3.8) is 0 Å². The largest absolute Gasteiger partial charge is 0.396 e. The van der Waals surface area contributed by atoms with Crippen molar-refractivity contribution in [3.05, 3.63) is 105 Å². The molecule has 3 aromatic carbocycles. The van der Waals surface area contributed by atoms with E-state index in [1.54, 1.807) is 19.9 Å². The lowest BCUT2D eigenvalue weighted by Crippen LogP contribution is -2.48. The van der Waals surface area contributed by atoms with Crippen molar-refractivity contribution in [1.29, 1.82) is 0 Å². The molecule has 7 heteroatoms. The van der Waals surface area contributed by atoms with Crippen LogP contribution in [0.15, 0.2) is 66.7 Å². The summed E-state index contributed by atoms with van der Waals surface area (Å²) in [7, 11) is 0. The average Bonchev–Trinajstić information content (AvgIpc) is 3.10. The second kappa shape index (κ2) is 10.6. The summed E-state index contributed by atoms with van der Waals surface area (Å²) < 4.78 is 6.42. The van der Waals surface area contributed by atoms with Crippen LogP contribution in [0.5, 0.6) is 0 Å². The number of fused-ring (bicyclic) bond motifs is 1. The first-order valence-electron chi connectivity index (χ1n) is 13.0. The lowest BCUT2D eigenvalue weighted by atomic mass is 9.74. The van der Waals surface area contributed by atoms with E-state index in [1.165, 1.54) is 0 Å². The molecule has 1 aliphatic heterocycles. The Labute approximate surface area is 234 Å². The van der Waals surface area contributed by atoms with Gasteiger partial charge in [-0.1, -0.05) is 59.6 Å². The topological polar surface area (TPSA) is 70.0 Å². The number of hydrogen-bond acceptors (Lipinski definition) is 4. The first kappa shape index (κ1) is 27.2. The Morgan fingerprint density at radius 1 is 0.974 bits per heavy atom. The second-order valence-corrected chi connectivity index (χ2v) is 11.9. The Morgan fingerprint density at radius 2 is 1.61 bits per heavy atom. The first-order valence-corrected chi connectivity index (χ1v) is 13.8. The monoisotopic (exact) mass is 553 g/mol. The number of rotatable bonds is 9. The maximum absolute atomic E-state index is 14.2. The Bertz CT molecular complexity index is 1300. The van der Waals surface area contributed by atoms with Crippen molar-refractivity contribution in [1.82, 2.24) is 4.90 Å². The summed E-state index contributed by atoms with van der Waals surface area (Å²) in [5.41, 5.74) is 1.88. The summed E-state index contributed by atoms with van der Waals surface area (Å²) in [6.07, 6.45) is 2.04. The number of carbonyl (C=O) groups is 1. The highest BCUT2D eigenvalue weighted by atomic mass is 35.5. The van der Waals surface area contributed by atoms with Gasteiger partial charge in [0.25, 0.3) is 5.91 Å². The van der Waals surface area contributed by atoms with Crippen LogP contribution in [0.3, 0.4) is 0 Å². The summed E-state index contributed by atoms with van der Waals surface area (Å²) in [5.74, 6) is 0.441. The number of nitrogens with zero attached hydrogens (tertiary/aromatic N) is 1. The van der Waals surface area contributed by atoms with Crippen LogP contribution >= 0.6 is 23.2 Å². The van der Waals surface area contributed by atoms with Crippen LogP contribution in [0.2, 0.25) is 10.0 Å². The van der Waals surface area contributed by atoms with E-state index in [2.05, 4.69) is 0 Å². The molecule has 5 rings (SSSR count). The fraction of sp³-hybridized carbons (Fsp3) is 0.387. The zero-order valence-corrected chi connectivity index (χ0v) is 23.2. The molecule has 1 heterocycles. The van der Waals surface area contributed by atoms with E-state index < -0.39 is 11.1 Å². The summed E-state index contributed by atoms with van der Waals surface area (Å²) in [6.45, 7) is 4.70. The number of amides is 1. The van der Waals surface area contributed by atoms with Gasteiger partial charge in [0.15, 0.2) is 0 Å². The SMILES string of the molecule is CC(C)(O)c1ccc2c(c1)C(=O)N(Cc1ccc(Cl)cc1)[C@@]2(COCC1CC[C@H]1CO)c1ccc(Cl)cc1. The number of aliphatic hydroxyl groups is 2. The van der Waals surface area contributed by atoms with Crippen molar-refractivity contribution >= 4 is 29.1 Å². The Kier molecular flexibility index (Phi) is 7.60. The van der Waals surface area contributed by atoms with Crippen molar-refractivity contribution in [3.8, 4) is 0 Å². The van der Waals surface area contributed by atoms with Gasteiger partial charge < -0.3 is 19.8 Å². The van der Waals surface area contributed by atoms with E-state index in [9.17, 15) is 15.0 Å². The van der Waals surface area contributed by atoms with Crippen molar-refractivity contribution in [2.75, 3.05) is 19.8 Å². The highest BCUT2D eigenvalue weighted by Crippen LogP contribution is 2.47. The van der Waals surface area contributed by atoms with Gasteiger partial charge in [0.1, 0.15) is 5.54 Å². The minimum absolute atomic E-state index is 0.128. The van der Waals surface area contributed by atoms with E-state index in [-0.39, 0.29) is 25.0 Å². The fourth-order valence-corrected chi connectivity index (χ4v) is 5.89. The minimum Gasteiger partial charge on any atom is -0.396 e. The molecule has 3 aromatic rings. The van der Waals surface area contributed by atoms with E-state index >= 15 is 0 Å². The van der Waals surface area contributed by atoms with Gasteiger partial charge in [0.2, 0.25) is 0 Å². The van der Waals surface area contributed by atoms with Crippen LogP contribution in [-0.4, -0.2) is 40.8 Å². The van der Waals surface area contributed by atoms with Gasteiger partial charge in [-0.05, 0) is 91.1 Å². The minimum atomic E-state index is -1.10. The summed E-state index contributed by atoms with van der Waals surface area (Å²) in [4.78, 5) is 16.0. The van der Waals surface area contributed by atoms with Crippen LogP contribution in [0.1, 0.15) is 59.3 Å². The van der Waals surface area contributed by atoms with Gasteiger partial charge in [-0.15, -0.1) is 0 Å². The zero-order chi connectivity index (χ0) is 27.1. The number of benzene rings is 3. The molecule has 0 radical (unpaired) electrons. The molecule has 200 valence electrons. The summed E-state index contributed by atoms with van der Waals surface area (Å²) in [6, 6.07) is 20.7. The zero-order valence-electron chi connectivity index (χ0n) is 21.7. The van der Waals surface area contributed by atoms with Crippen LogP contribution in [0.4, 0.5) is 0 Å². The summed E-state index contributed by atoms with van der Waals surface area (Å²) in [5, 5.41) is 21.6. The molecule has 5 nitrogen and oxygen atoms in total. The van der Waals surface area contributed by atoms with Crippen molar-refractivity contribution in [2.24, 2.45) is 11.8 Å². The lowest BCUT2D eigenvalue weighted by molar-refractivity contribution is -0.0281. The van der Waals surface area contributed by atoms with Gasteiger partial charge in [0.05, 0.1) is 12.2 Å². The molecule has 0 saturated heterocycles. The third kappa shape index (κ3) is 4.99. The normalized spacial score (nSPS) is 22.9. The predicted octanol–water partition coefficient (Wildman–Crippen LogP) is 6.16. The number of ether oxygens (including phenoxy) is 1. The maximum atomic E-state index is 14.2. The van der Waals surface area contributed by atoms with Crippen LogP contribution in [0.25, 0.3) is 0 Å². The summed E-state index contributed by atoms with van der Waals surface area (Å²) >= 11 is 12.4. The molecule has 1 saturated carbocycles. The van der Waals surface area contributed by atoms with Crippen molar-refractivity contribution < 1.29 is 19.7 Å². The molecule has 3 atom stereocenters. The van der Waals surface area contributed by atoms with Gasteiger partial charge in [0, 0.05) is 35.4 Å². The molecular weight excluding hydrogens is 521 g/mol. The average molecular weight is 555 g/mol. The number of hydrogen-bond donors (Lipinski definition) is 2. The van der Waals surface area contributed by atoms with Crippen LogP contribution in [-0.2, 0) is 22.4 Å². The van der Waals surface area contributed by atoms with Crippen molar-refractivity contribution in [2.45, 2.75) is 44.4 Å². The first-order chi connectivity index (χ1) is 18.1. The van der Waals surface area contributed by atoms with E-state index in [0.29, 0.717) is 40.2 Å². The molecule has 1 unspecified atom stereocenters. The third-order valence-electron chi connectivity index (χ3n) is 8.14. The maximum Gasteiger partial charge on any atom is 0.255 e.